The van der Waals surface area contributed by atoms with Gasteiger partial charge in [0.15, 0.2) is 0 Å². The average Bonchev–Trinajstić information content (AvgIpc) is 2.76. The predicted molar refractivity (Wildman–Crippen MR) is 116 cm³/mol. The molecule has 0 aliphatic carbocycles. The molecule has 0 spiro atoms. The zero-order chi connectivity index (χ0) is 24.2. The van der Waals surface area contributed by atoms with Gasteiger partial charge in [0.1, 0.15) is 5.60 Å². The molecule has 1 aliphatic rings. The molecule has 0 saturated carbocycles. The predicted octanol–water partition coefficient (Wildman–Crippen LogP) is 5.11. The largest absolute Gasteiger partial charge is 0.471 e. The van der Waals surface area contributed by atoms with Crippen LogP contribution in [-0.2, 0) is 16.1 Å². The Morgan fingerprint density at radius 1 is 1.09 bits per heavy atom. The van der Waals surface area contributed by atoms with Gasteiger partial charge < -0.3 is 14.5 Å². The summed E-state index contributed by atoms with van der Waals surface area (Å²) in [5.74, 6) is -1.91. The van der Waals surface area contributed by atoms with Gasteiger partial charge in [0.05, 0.1) is 18.3 Å². The molecule has 1 aromatic carbocycles. The molecule has 0 N–H and O–H groups in total. The lowest BCUT2D eigenvalue weighted by Gasteiger charge is -2.43. The highest BCUT2D eigenvalue weighted by Gasteiger charge is 2.47. The SMILES string of the molecule is CC(C)(C)OC(=O)N1CC[C@@H](N(Cc2ccccn2)C(=O)C(F)(F)F)C[C@H]1c1ccccc1. The molecule has 1 saturated heterocycles. The van der Waals surface area contributed by atoms with Crippen molar-refractivity contribution in [2.24, 2.45) is 0 Å². The number of alkyl halides is 3. The molecule has 3 rings (SSSR count). The van der Waals surface area contributed by atoms with Crippen LogP contribution in [0.1, 0.15) is 50.9 Å². The van der Waals surface area contributed by atoms with Gasteiger partial charge in [-0.3, -0.25) is 9.78 Å². The molecule has 33 heavy (non-hydrogen) atoms. The van der Waals surface area contributed by atoms with Gasteiger partial charge >= 0.3 is 18.2 Å². The highest BCUT2D eigenvalue weighted by atomic mass is 19.4. The van der Waals surface area contributed by atoms with Gasteiger partial charge in [0, 0.05) is 18.8 Å². The molecule has 178 valence electrons. The number of hydrogen-bond acceptors (Lipinski definition) is 4. The van der Waals surface area contributed by atoms with Crippen molar-refractivity contribution in [3.05, 3.63) is 66.0 Å². The monoisotopic (exact) mass is 463 g/mol. The van der Waals surface area contributed by atoms with Crippen LogP contribution >= 0.6 is 0 Å². The molecule has 2 amide bonds. The van der Waals surface area contributed by atoms with Crippen LogP contribution in [0.25, 0.3) is 0 Å². The lowest BCUT2D eigenvalue weighted by molar-refractivity contribution is -0.189. The second-order valence-corrected chi connectivity index (χ2v) is 9.03. The maximum Gasteiger partial charge on any atom is 0.471 e. The summed E-state index contributed by atoms with van der Waals surface area (Å²) in [6.45, 7) is 5.16. The maximum absolute atomic E-state index is 13.5. The number of benzene rings is 1. The van der Waals surface area contributed by atoms with Crippen molar-refractivity contribution in [1.82, 2.24) is 14.8 Å². The van der Waals surface area contributed by atoms with Crippen LogP contribution in [0.5, 0.6) is 0 Å². The van der Waals surface area contributed by atoms with Crippen molar-refractivity contribution in [2.45, 2.75) is 64.0 Å². The molecule has 1 fully saturated rings. The number of rotatable bonds is 4. The van der Waals surface area contributed by atoms with Gasteiger partial charge in [0.2, 0.25) is 0 Å². The smallest absolute Gasteiger partial charge is 0.444 e. The first kappa shape index (κ1) is 24.5. The first-order valence-electron chi connectivity index (χ1n) is 10.8. The number of aromatic nitrogens is 1. The van der Waals surface area contributed by atoms with E-state index in [4.69, 9.17) is 4.74 Å². The van der Waals surface area contributed by atoms with Crippen molar-refractivity contribution in [3.63, 3.8) is 0 Å². The minimum atomic E-state index is -5.01. The van der Waals surface area contributed by atoms with Crippen molar-refractivity contribution in [3.8, 4) is 0 Å². The molecule has 0 unspecified atom stereocenters. The zero-order valence-corrected chi connectivity index (χ0v) is 18.9. The van der Waals surface area contributed by atoms with Crippen LogP contribution in [0.2, 0.25) is 0 Å². The lowest BCUT2D eigenvalue weighted by atomic mass is 9.90. The molecule has 0 bridgehead atoms. The highest BCUT2D eigenvalue weighted by Crippen LogP contribution is 2.36. The summed E-state index contributed by atoms with van der Waals surface area (Å²) in [5, 5.41) is 0. The highest BCUT2D eigenvalue weighted by molar-refractivity contribution is 5.82. The normalized spacial score (nSPS) is 19.2. The molecular weight excluding hydrogens is 435 g/mol. The fourth-order valence-corrected chi connectivity index (χ4v) is 3.96. The Kier molecular flexibility index (Phi) is 7.29. The number of hydrogen-bond donors (Lipinski definition) is 0. The fourth-order valence-electron chi connectivity index (χ4n) is 3.96. The molecule has 9 heteroatoms. The minimum absolute atomic E-state index is 0.151. The summed E-state index contributed by atoms with van der Waals surface area (Å²) in [6.07, 6.45) is -3.73. The number of nitrogens with zero attached hydrogens (tertiary/aromatic N) is 3. The Morgan fingerprint density at radius 3 is 2.33 bits per heavy atom. The van der Waals surface area contributed by atoms with Crippen molar-refractivity contribution >= 4 is 12.0 Å². The Morgan fingerprint density at radius 2 is 1.76 bits per heavy atom. The third-order valence-electron chi connectivity index (χ3n) is 5.39. The molecule has 6 nitrogen and oxygen atoms in total. The van der Waals surface area contributed by atoms with E-state index in [1.165, 1.54) is 11.1 Å². The number of amides is 2. The second-order valence-electron chi connectivity index (χ2n) is 9.03. The summed E-state index contributed by atoms with van der Waals surface area (Å²) in [5.41, 5.74) is 0.415. The van der Waals surface area contributed by atoms with Crippen LogP contribution in [-0.4, -0.2) is 51.1 Å². The van der Waals surface area contributed by atoms with E-state index in [0.29, 0.717) is 5.69 Å². The third-order valence-corrected chi connectivity index (χ3v) is 5.39. The van der Waals surface area contributed by atoms with Crippen molar-refractivity contribution < 1.29 is 27.5 Å². The van der Waals surface area contributed by atoms with E-state index in [2.05, 4.69) is 4.98 Å². The molecule has 2 atom stereocenters. The van der Waals surface area contributed by atoms with Crippen LogP contribution < -0.4 is 0 Å². The van der Waals surface area contributed by atoms with Gasteiger partial charge in [0.25, 0.3) is 0 Å². The third kappa shape index (κ3) is 6.46. The number of carbonyl (C=O) groups excluding carboxylic acids is 2. The first-order valence-corrected chi connectivity index (χ1v) is 10.8. The van der Waals surface area contributed by atoms with Crippen LogP contribution in [0.3, 0.4) is 0 Å². The van der Waals surface area contributed by atoms with E-state index in [9.17, 15) is 22.8 Å². The number of piperidine rings is 1. The average molecular weight is 464 g/mol. The number of carbonyl (C=O) groups is 2. The topological polar surface area (TPSA) is 62.7 Å². The van der Waals surface area contributed by atoms with Crippen molar-refractivity contribution in [2.75, 3.05) is 6.54 Å². The summed E-state index contributed by atoms with van der Waals surface area (Å²) >= 11 is 0. The molecule has 0 radical (unpaired) electrons. The number of likely N-dealkylation sites (tertiary alicyclic amines) is 1. The van der Waals surface area contributed by atoms with Crippen LogP contribution in [0.4, 0.5) is 18.0 Å². The molecule has 2 heterocycles. The first-order chi connectivity index (χ1) is 15.5. The Labute approximate surface area is 191 Å². The van der Waals surface area contributed by atoms with Crippen molar-refractivity contribution in [1.29, 1.82) is 0 Å². The number of pyridine rings is 1. The van der Waals surface area contributed by atoms with E-state index in [0.717, 1.165) is 10.5 Å². The van der Waals surface area contributed by atoms with Crippen LogP contribution in [0, 0.1) is 0 Å². The van der Waals surface area contributed by atoms with Gasteiger partial charge in [-0.25, -0.2) is 4.79 Å². The van der Waals surface area contributed by atoms with E-state index in [1.54, 1.807) is 51.1 Å². The zero-order valence-electron chi connectivity index (χ0n) is 18.9. The molecular formula is C24H28F3N3O3. The number of halogens is 3. The van der Waals surface area contributed by atoms with Gasteiger partial charge in [-0.1, -0.05) is 36.4 Å². The second kappa shape index (κ2) is 9.80. The van der Waals surface area contributed by atoms with E-state index < -0.39 is 35.9 Å². The molecule has 2 aromatic rings. The lowest BCUT2D eigenvalue weighted by Crippen LogP contribution is -2.53. The van der Waals surface area contributed by atoms with Gasteiger partial charge in [-0.05, 0) is 51.3 Å². The van der Waals surface area contributed by atoms with Crippen LogP contribution in [0.15, 0.2) is 54.7 Å². The summed E-state index contributed by atoms with van der Waals surface area (Å²) in [7, 11) is 0. The minimum Gasteiger partial charge on any atom is -0.444 e. The Bertz CT molecular complexity index is 946. The maximum atomic E-state index is 13.5. The van der Waals surface area contributed by atoms with Gasteiger partial charge in [-0.2, -0.15) is 13.2 Å². The summed E-state index contributed by atoms with van der Waals surface area (Å²) in [4.78, 5) is 31.7. The fraction of sp³-hybridized carbons (Fsp3) is 0.458. The molecule has 1 aliphatic heterocycles. The Balaban J connectivity index is 1.91. The quantitative estimate of drug-likeness (QED) is 0.632. The Hall–Kier alpha value is -3.10. The van der Waals surface area contributed by atoms with Gasteiger partial charge in [-0.15, -0.1) is 0 Å². The summed E-state index contributed by atoms with van der Waals surface area (Å²) < 4.78 is 46.0. The standard InChI is InChI=1S/C24H28F3N3O3/c1-23(2,3)33-22(32)29-14-12-19(15-20(29)17-9-5-4-6-10-17)30(21(31)24(25,26)27)16-18-11-7-8-13-28-18/h4-11,13,19-20H,12,14-16H2,1-3H3/t19-,20+/m1/s1. The van der Waals surface area contributed by atoms with E-state index >= 15 is 0 Å². The summed E-state index contributed by atoms with van der Waals surface area (Å²) in [6, 6.07) is 12.7. The van der Waals surface area contributed by atoms with E-state index in [1.807, 2.05) is 18.2 Å². The van der Waals surface area contributed by atoms with E-state index in [-0.39, 0.29) is 25.9 Å². The molecule has 1 aromatic heterocycles. The number of ether oxygens (including phenoxy) is 1.